The highest BCUT2D eigenvalue weighted by molar-refractivity contribution is 5.83. The molecule has 1 heterocycles. The van der Waals surface area contributed by atoms with Crippen molar-refractivity contribution < 1.29 is 9.63 Å². The van der Waals surface area contributed by atoms with E-state index in [1.54, 1.807) is 12.1 Å². The summed E-state index contributed by atoms with van der Waals surface area (Å²) in [6, 6.07) is 24.3. The van der Waals surface area contributed by atoms with Crippen LogP contribution in [0, 0.1) is 0 Å². The van der Waals surface area contributed by atoms with Crippen molar-refractivity contribution in [2.45, 2.75) is 37.5 Å². The van der Waals surface area contributed by atoms with Crippen LogP contribution in [0.15, 0.2) is 77.3 Å². The lowest BCUT2D eigenvalue weighted by molar-refractivity contribution is 0.359. The van der Waals surface area contributed by atoms with E-state index in [0.29, 0.717) is 0 Å². The molecule has 1 fully saturated rings. The Labute approximate surface area is 187 Å². The van der Waals surface area contributed by atoms with Crippen LogP contribution in [0.1, 0.15) is 36.1 Å². The van der Waals surface area contributed by atoms with E-state index < -0.39 is 0 Å². The number of fused-ring (bicyclic) bond motifs is 1. The van der Waals surface area contributed by atoms with Gasteiger partial charge in [0, 0.05) is 23.2 Å². The molecule has 0 aliphatic heterocycles. The normalized spacial score (nSPS) is 16.0. The van der Waals surface area contributed by atoms with Crippen molar-refractivity contribution in [1.29, 1.82) is 0 Å². The molecule has 0 unspecified atom stereocenters. The summed E-state index contributed by atoms with van der Waals surface area (Å²) in [6.45, 7) is 0.829. The van der Waals surface area contributed by atoms with E-state index in [9.17, 15) is 5.11 Å². The molecule has 160 valence electrons. The Balaban J connectivity index is 1.35. The summed E-state index contributed by atoms with van der Waals surface area (Å²) in [6.07, 6.45) is 5.82. The Morgan fingerprint density at radius 1 is 0.875 bits per heavy atom. The minimum atomic E-state index is -0.0492. The first kappa shape index (κ1) is 19.2. The summed E-state index contributed by atoms with van der Waals surface area (Å²) in [5.74, 6) is 1.20. The van der Waals surface area contributed by atoms with Gasteiger partial charge in [0.1, 0.15) is 11.4 Å². The zero-order valence-electron chi connectivity index (χ0n) is 18.0. The van der Waals surface area contributed by atoms with Crippen molar-refractivity contribution in [2.75, 3.05) is 11.9 Å². The number of aryl methyl sites for hydroxylation is 2. The molecule has 4 heteroatoms. The van der Waals surface area contributed by atoms with Gasteiger partial charge in [0.2, 0.25) is 0 Å². The summed E-state index contributed by atoms with van der Waals surface area (Å²) in [4.78, 5) is 0. The Kier molecular flexibility index (Phi) is 4.53. The number of rotatable bonds is 6. The maximum Gasteiger partial charge on any atom is 0.153 e. The van der Waals surface area contributed by atoms with Crippen LogP contribution in [0.4, 0.5) is 5.69 Å². The Morgan fingerprint density at radius 2 is 1.66 bits per heavy atom. The van der Waals surface area contributed by atoms with E-state index in [2.05, 4.69) is 52.9 Å². The lowest BCUT2D eigenvalue weighted by atomic mass is 9.91. The number of aromatic nitrogens is 1. The predicted molar refractivity (Wildman–Crippen MR) is 127 cm³/mol. The van der Waals surface area contributed by atoms with E-state index in [-0.39, 0.29) is 11.2 Å². The van der Waals surface area contributed by atoms with Crippen LogP contribution < -0.4 is 5.32 Å². The largest absolute Gasteiger partial charge is 0.508 e. The molecule has 4 aromatic rings. The molecule has 1 aromatic heterocycles. The number of benzene rings is 3. The fraction of sp³-hybridized carbons (Fsp3) is 0.250. The van der Waals surface area contributed by atoms with Gasteiger partial charge in [-0.15, -0.1) is 0 Å². The molecule has 0 amide bonds. The maximum absolute atomic E-state index is 9.72. The fourth-order valence-electron chi connectivity index (χ4n) is 4.93. The lowest BCUT2D eigenvalue weighted by Crippen LogP contribution is -2.20. The molecule has 1 saturated carbocycles. The molecule has 32 heavy (non-hydrogen) atoms. The second kappa shape index (κ2) is 7.56. The van der Waals surface area contributed by atoms with Gasteiger partial charge in [-0.3, -0.25) is 0 Å². The second-order valence-electron chi connectivity index (χ2n) is 9.12. The first-order valence-corrected chi connectivity index (χ1v) is 11.4. The van der Waals surface area contributed by atoms with Gasteiger partial charge >= 0.3 is 0 Å². The van der Waals surface area contributed by atoms with Crippen LogP contribution in [-0.2, 0) is 18.3 Å². The monoisotopic (exact) mass is 422 g/mol. The van der Waals surface area contributed by atoms with Crippen molar-refractivity contribution in [2.24, 2.45) is 0 Å². The zero-order chi connectivity index (χ0) is 21.5. The van der Waals surface area contributed by atoms with Crippen LogP contribution in [0.2, 0.25) is 0 Å². The van der Waals surface area contributed by atoms with Crippen LogP contribution in [-0.4, -0.2) is 16.8 Å². The molecular weight excluding hydrogens is 396 g/mol. The van der Waals surface area contributed by atoms with Gasteiger partial charge < -0.3 is 14.9 Å². The van der Waals surface area contributed by atoms with Crippen molar-refractivity contribution in [3.8, 4) is 28.1 Å². The van der Waals surface area contributed by atoms with Crippen molar-refractivity contribution in [3.63, 3.8) is 0 Å². The van der Waals surface area contributed by atoms with Crippen LogP contribution in [0.5, 0.6) is 5.75 Å². The first-order chi connectivity index (χ1) is 15.7. The van der Waals surface area contributed by atoms with Gasteiger partial charge in [0.05, 0.1) is 5.56 Å². The Bertz CT molecular complexity index is 1250. The average molecular weight is 423 g/mol. The minimum Gasteiger partial charge on any atom is -0.508 e. The molecular formula is C28H26N2O2. The number of phenols is 1. The van der Waals surface area contributed by atoms with E-state index >= 15 is 0 Å². The molecule has 3 aromatic carbocycles. The SMILES string of the molecule is Oc1ccc(-c2noc(C3(CNc4ccc5c(c4)CCC5)CC3)c2-c2ccccc2)cc1. The molecule has 4 nitrogen and oxygen atoms in total. The van der Waals surface area contributed by atoms with Gasteiger partial charge in [-0.1, -0.05) is 41.6 Å². The minimum absolute atomic E-state index is 0.0492. The Morgan fingerprint density at radius 3 is 2.44 bits per heavy atom. The number of hydrogen-bond donors (Lipinski definition) is 2. The van der Waals surface area contributed by atoms with Crippen LogP contribution >= 0.6 is 0 Å². The maximum atomic E-state index is 9.72. The second-order valence-corrected chi connectivity index (χ2v) is 9.12. The van der Waals surface area contributed by atoms with Gasteiger partial charge in [0.25, 0.3) is 0 Å². The summed E-state index contributed by atoms with van der Waals surface area (Å²) >= 11 is 0. The van der Waals surface area contributed by atoms with Gasteiger partial charge in [-0.2, -0.15) is 0 Å². The molecule has 0 bridgehead atoms. The van der Waals surface area contributed by atoms with Crippen molar-refractivity contribution >= 4 is 5.69 Å². The highest BCUT2D eigenvalue weighted by Gasteiger charge is 2.50. The predicted octanol–water partition coefficient (Wildman–Crippen LogP) is 6.35. The van der Waals surface area contributed by atoms with Gasteiger partial charge in [-0.05, 0) is 85.2 Å². The standard InChI is InChI=1S/C28H26N2O2/c31-24-13-10-21(11-14-24)26-25(20-5-2-1-3-6-20)27(32-30-26)28(15-16-28)18-29-23-12-9-19-7-4-8-22(19)17-23/h1-3,5-6,9-14,17,29,31H,4,7-8,15-16,18H2. The average Bonchev–Trinajstić information content (AvgIpc) is 3.25. The number of anilines is 1. The molecule has 6 rings (SSSR count). The summed E-state index contributed by atoms with van der Waals surface area (Å²) < 4.78 is 6.07. The summed E-state index contributed by atoms with van der Waals surface area (Å²) in [5, 5.41) is 17.9. The molecule has 0 atom stereocenters. The lowest BCUT2D eigenvalue weighted by Gasteiger charge is -2.17. The third kappa shape index (κ3) is 3.36. The first-order valence-electron chi connectivity index (χ1n) is 11.4. The molecule has 2 N–H and O–H groups in total. The topological polar surface area (TPSA) is 58.3 Å². The third-order valence-corrected chi connectivity index (χ3v) is 6.96. The third-order valence-electron chi connectivity index (χ3n) is 6.96. The molecule has 0 spiro atoms. The summed E-state index contributed by atoms with van der Waals surface area (Å²) in [5.41, 5.74) is 8.06. The van der Waals surface area contributed by atoms with E-state index in [1.807, 2.05) is 18.2 Å². The number of phenolic OH excluding ortho intramolecular Hbond substituents is 1. The number of nitrogens with one attached hydrogen (secondary N) is 1. The molecule has 2 aliphatic carbocycles. The zero-order valence-corrected chi connectivity index (χ0v) is 18.0. The molecule has 0 saturated heterocycles. The number of nitrogens with zero attached hydrogens (tertiary/aromatic N) is 1. The Hall–Kier alpha value is -3.53. The van der Waals surface area contributed by atoms with Crippen molar-refractivity contribution in [3.05, 3.63) is 89.7 Å². The van der Waals surface area contributed by atoms with Gasteiger partial charge in [-0.25, -0.2) is 0 Å². The highest BCUT2D eigenvalue weighted by Crippen LogP contribution is 2.53. The smallest absolute Gasteiger partial charge is 0.153 e. The number of hydrogen-bond acceptors (Lipinski definition) is 4. The molecule has 2 aliphatic rings. The quantitative estimate of drug-likeness (QED) is 0.380. The van der Waals surface area contributed by atoms with Crippen molar-refractivity contribution in [1.82, 2.24) is 5.16 Å². The number of aromatic hydroxyl groups is 1. The highest BCUT2D eigenvalue weighted by atomic mass is 16.5. The van der Waals surface area contributed by atoms with E-state index in [0.717, 1.165) is 47.5 Å². The van der Waals surface area contributed by atoms with E-state index in [4.69, 9.17) is 4.52 Å². The summed E-state index contributed by atoms with van der Waals surface area (Å²) in [7, 11) is 0. The molecule has 0 radical (unpaired) electrons. The van der Waals surface area contributed by atoms with Gasteiger partial charge in [0.15, 0.2) is 5.76 Å². The van der Waals surface area contributed by atoms with Crippen LogP contribution in [0.3, 0.4) is 0 Å². The van der Waals surface area contributed by atoms with E-state index in [1.165, 1.54) is 36.1 Å². The van der Waals surface area contributed by atoms with Crippen LogP contribution in [0.25, 0.3) is 22.4 Å². The fourth-order valence-corrected chi connectivity index (χ4v) is 4.93.